The van der Waals surface area contributed by atoms with Crippen molar-refractivity contribution in [3.63, 3.8) is 0 Å². The third-order valence-corrected chi connectivity index (χ3v) is 4.07. The van der Waals surface area contributed by atoms with Crippen LogP contribution in [0.15, 0.2) is 18.2 Å². The second-order valence-electron chi connectivity index (χ2n) is 4.36. The van der Waals surface area contributed by atoms with Crippen molar-refractivity contribution in [2.24, 2.45) is 0 Å². The molecule has 0 amide bonds. The van der Waals surface area contributed by atoms with E-state index in [9.17, 15) is 8.78 Å². The molecule has 1 heterocycles. The smallest absolute Gasteiger partial charge is 0.159 e. The number of rotatable bonds is 2. The summed E-state index contributed by atoms with van der Waals surface area (Å²) in [6.45, 7) is 1.97. The van der Waals surface area contributed by atoms with Gasteiger partial charge in [0.1, 0.15) is 0 Å². The number of aromatic nitrogens is 1. The van der Waals surface area contributed by atoms with Crippen molar-refractivity contribution in [3.05, 3.63) is 39.7 Å². The van der Waals surface area contributed by atoms with Gasteiger partial charge < -0.3 is 0 Å². The van der Waals surface area contributed by atoms with Crippen LogP contribution in [0.25, 0.3) is 11.3 Å². The Bertz CT molecular complexity index is 573. The molecule has 17 heavy (non-hydrogen) atoms. The van der Waals surface area contributed by atoms with Gasteiger partial charge in [-0.05, 0) is 38.0 Å². The predicted octanol–water partition coefficient (Wildman–Crippen LogP) is 4.27. The van der Waals surface area contributed by atoms with Gasteiger partial charge in [0.05, 0.1) is 10.7 Å². The van der Waals surface area contributed by atoms with Gasteiger partial charge in [-0.25, -0.2) is 13.8 Å². The minimum atomic E-state index is -0.817. The van der Waals surface area contributed by atoms with Gasteiger partial charge in [0.2, 0.25) is 0 Å². The van der Waals surface area contributed by atoms with Crippen LogP contribution in [0.2, 0.25) is 0 Å². The molecule has 1 saturated carbocycles. The minimum Gasteiger partial charge on any atom is -0.241 e. The summed E-state index contributed by atoms with van der Waals surface area (Å²) >= 11 is 1.66. The topological polar surface area (TPSA) is 12.9 Å². The molecule has 1 aliphatic rings. The highest BCUT2D eigenvalue weighted by Gasteiger charge is 2.27. The van der Waals surface area contributed by atoms with E-state index in [-0.39, 0.29) is 0 Å². The number of thiazole rings is 1. The second kappa shape index (κ2) is 3.88. The van der Waals surface area contributed by atoms with Gasteiger partial charge in [0.25, 0.3) is 0 Å². The van der Waals surface area contributed by atoms with Crippen molar-refractivity contribution in [2.45, 2.75) is 25.7 Å². The molecule has 0 unspecified atom stereocenters. The van der Waals surface area contributed by atoms with Crippen LogP contribution >= 0.6 is 11.3 Å². The molecule has 1 aromatic carbocycles. The lowest BCUT2D eigenvalue weighted by atomic mass is 10.1. The lowest BCUT2D eigenvalue weighted by Crippen LogP contribution is -1.87. The zero-order valence-corrected chi connectivity index (χ0v) is 10.2. The first-order valence-corrected chi connectivity index (χ1v) is 6.39. The summed E-state index contributed by atoms with van der Waals surface area (Å²) in [5, 5.41) is 1.13. The highest BCUT2D eigenvalue weighted by molar-refractivity contribution is 7.12. The molecule has 0 bridgehead atoms. The average Bonchev–Trinajstić information content (AvgIpc) is 3.07. The zero-order chi connectivity index (χ0) is 12.0. The van der Waals surface area contributed by atoms with Gasteiger partial charge in [0.15, 0.2) is 11.6 Å². The Hall–Kier alpha value is -1.29. The molecule has 4 heteroatoms. The average molecular weight is 251 g/mol. The number of halogens is 2. The van der Waals surface area contributed by atoms with E-state index in [1.165, 1.54) is 18.9 Å². The molecule has 1 nitrogen and oxygen atoms in total. The van der Waals surface area contributed by atoms with E-state index >= 15 is 0 Å². The van der Waals surface area contributed by atoms with Gasteiger partial charge in [-0.3, -0.25) is 0 Å². The maximum absolute atomic E-state index is 13.2. The lowest BCUT2D eigenvalue weighted by molar-refractivity contribution is 0.509. The van der Waals surface area contributed by atoms with Crippen molar-refractivity contribution >= 4 is 11.3 Å². The predicted molar refractivity (Wildman–Crippen MR) is 64.2 cm³/mol. The molecule has 0 radical (unpaired) electrons. The van der Waals surface area contributed by atoms with Crippen molar-refractivity contribution in [1.29, 1.82) is 0 Å². The lowest BCUT2D eigenvalue weighted by Gasteiger charge is -1.99. The van der Waals surface area contributed by atoms with E-state index in [2.05, 4.69) is 4.98 Å². The van der Waals surface area contributed by atoms with E-state index in [1.807, 2.05) is 6.92 Å². The maximum Gasteiger partial charge on any atom is 0.159 e. The molecular weight excluding hydrogens is 240 g/mol. The van der Waals surface area contributed by atoms with E-state index in [0.29, 0.717) is 11.5 Å². The minimum absolute atomic E-state index is 0.595. The highest BCUT2D eigenvalue weighted by atomic mass is 32.1. The van der Waals surface area contributed by atoms with Crippen LogP contribution in [0.3, 0.4) is 0 Å². The Morgan fingerprint density at radius 1 is 1.24 bits per heavy atom. The Labute approximate surface area is 102 Å². The first-order chi connectivity index (χ1) is 8.15. The number of aryl methyl sites for hydroxylation is 1. The quantitative estimate of drug-likeness (QED) is 0.776. The fourth-order valence-corrected chi connectivity index (χ4v) is 2.95. The van der Waals surface area contributed by atoms with Crippen LogP contribution in [0.4, 0.5) is 8.78 Å². The molecule has 0 spiro atoms. The molecule has 1 aliphatic carbocycles. The second-order valence-corrected chi connectivity index (χ2v) is 5.59. The summed E-state index contributed by atoms with van der Waals surface area (Å²) in [6, 6.07) is 3.95. The number of benzene rings is 1. The van der Waals surface area contributed by atoms with Crippen LogP contribution < -0.4 is 0 Å². The summed E-state index contributed by atoms with van der Waals surface area (Å²) in [6.07, 6.45) is 2.40. The summed E-state index contributed by atoms with van der Waals surface area (Å²) < 4.78 is 26.0. The summed E-state index contributed by atoms with van der Waals surface area (Å²) in [5.41, 5.74) is 1.44. The summed E-state index contributed by atoms with van der Waals surface area (Å²) in [4.78, 5) is 5.61. The SMILES string of the molecule is Cc1sc(C2CC2)nc1-c1ccc(F)c(F)c1. The normalized spacial score (nSPS) is 15.2. The Morgan fingerprint density at radius 2 is 2.00 bits per heavy atom. The fourth-order valence-electron chi connectivity index (χ4n) is 1.83. The Balaban J connectivity index is 2.04. The maximum atomic E-state index is 13.2. The molecule has 1 aromatic heterocycles. The van der Waals surface area contributed by atoms with Gasteiger partial charge in [-0.2, -0.15) is 0 Å². The molecule has 2 aromatic rings. The van der Waals surface area contributed by atoms with Crippen LogP contribution in [0, 0.1) is 18.6 Å². The van der Waals surface area contributed by atoms with Gasteiger partial charge in [-0.1, -0.05) is 0 Å². The van der Waals surface area contributed by atoms with Crippen LogP contribution in [-0.2, 0) is 0 Å². The van der Waals surface area contributed by atoms with E-state index < -0.39 is 11.6 Å². The van der Waals surface area contributed by atoms with E-state index in [4.69, 9.17) is 0 Å². The molecule has 0 aliphatic heterocycles. The first kappa shape index (κ1) is 10.8. The van der Waals surface area contributed by atoms with Crippen molar-refractivity contribution in [2.75, 3.05) is 0 Å². The monoisotopic (exact) mass is 251 g/mol. The van der Waals surface area contributed by atoms with Crippen LogP contribution in [0.1, 0.15) is 28.6 Å². The van der Waals surface area contributed by atoms with Crippen LogP contribution in [0.5, 0.6) is 0 Å². The standard InChI is InChI=1S/C13H11F2NS/c1-7-12(16-13(17-7)8-2-3-8)9-4-5-10(14)11(15)6-9/h4-6,8H,2-3H2,1H3. The van der Waals surface area contributed by atoms with Crippen LogP contribution in [-0.4, -0.2) is 4.98 Å². The molecule has 0 saturated heterocycles. The third kappa shape index (κ3) is 1.97. The molecule has 1 fully saturated rings. The molecule has 3 rings (SSSR count). The van der Waals surface area contributed by atoms with E-state index in [0.717, 1.165) is 21.6 Å². The molecule has 88 valence electrons. The van der Waals surface area contributed by atoms with Crippen molar-refractivity contribution in [1.82, 2.24) is 4.98 Å². The number of hydrogen-bond acceptors (Lipinski definition) is 2. The van der Waals surface area contributed by atoms with Crippen molar-refractivity contribution in [3.8, 4) is 11.3 Å². The van der Waals surface area contributed by atoms with Gasteiger partial charge >= 0.3 is 0 Å². The number of nitrogens with zero attached hydrogens (tertiary/aromatic N) is 1. The summed E-state index contributed by atoms with van der Waals surface area (Å²) in [7, 11) is 0. The Morgan fingerprint density at radius 3 is 2.65 bits per heavy atom. The highest BCUT2D eigenvalue weighted by Crippen LogP contribution is 2.44. The molecule has 0 N–H and O–H groups in total. The largest absolute Gasteiger partial charge is 0.241 e. The molecular formula is C13H11F2NS. The zero-order valence-electron chi connectivity index (χ0n) is 9.34. The Kier molecular flexibility index (Phi) is 2.47. The number of hydrogen-bond donors (Lipinski definition) is 0. The first-order valence-electron chi connectivity index (χ1n) is 5.58. The van der Waals surface area contributed by atoms with Crippen molar-refractivity contribution < 1.29 is 8.78 Å². The van der Waals surface area contributed by atoms with Gasteiger partial charge in [-0.15, -0.1) is 11.3 Å². The van der Waals surface area contributed by atoms with Gasteiger partial charge in [0, 0.05) is 16.4 Å². The molecule has 0 atom stereocenters. The summed E-state index contributed by atoms with van der Waals surface area (Å²) in [5.74, 6) is -1.04. The fraction of sp³-hybridized carbons (Fsp3) is 0.308. The van der Waals surface area contributed by atoms with E-state index in [1.54, 1.807) is 17.4 Å². The third-order valence-electron chi connectivity index (χ3n) is 2.93.